The van der Waals surface area contributed by atoms with Crippen LogP contribution in [0.4, 0.5) is 20.3 Å². The Morgan fingerprint density at radius 2 is 1.67 bits per heavy atom. The second kappa shape index (κ2) is 12.9. The molecule has 0 spiro atoms. The van der Waals surface area contributed by atoms with Gasteiger partial charge < -0.3 is 20.5 Å². The molecule has 0 aliphatic carbocycles. The summed E-state index contributed by atoms with van der Waals surface area (Å²) in [5, 5.41) is 18.8. The summed E-state index contributed by atoms with van der Waals surface area (Å²) < 4.78 is 33.8. The summed E-state index contributed by atoms with van der Waals surface area (Å²) in [6.07, 6.45) is 1.57. The molecular weight excluding hydrogens is 656 g/mol. The molecule has 3 N–H and O–H groups in total. The highest BCUT2D eigenvalue weighted by Crippen LogP contribution is 2.43. The second-order valence-corrected chi connectivity index (χ2v) is 12.3. The smallest absolute Gasteiger partial charge is 0.262 e. The van der Waals surface area contributed by atoms with E-state index in [0.717, 1.165) is 34.8 Å². The van der Waals surface area contributed by atoms with Crippen molar-refractivity contribution in [3.05, 3.63) is 154 Å². The van der Waals surface area contributed by atoms with Gasteiger partial charge in [-0.05, 0) is 66.7 Å². The monoisotopic (exact) mass is 679 g/mol. The van der Waals surface area contributed by atoms with E-state index in [1.54, 1.807) is 72.9 Å². The lowest BCUT2D eigenvalue weighted by atomic mass is 9.83. The number of aliphatic hydroxyl groups excluding tert-OH is 1. The Kier molecular flexibility index (Phi) is 8.38. The van der Waals surface area contributed by atoms with Crippen LogP contribution in [0.15, 0.2) is 131 Å². The van der Waals surface area contributed by atoms with E-state index < -0.39 is 23.1 Å². The topological polar surface area (TPSA) is 109 Å². The van der Waals surface area contributed by atoms with E-state index in [4.69, 9.17) is 26.3 Å². The van der Waals surface area contributed by atoms with Crippen molar-refractivity contribution in [3.8, 4) is 11.6 Å². The van der Waals surface area contributed by atoms with Crippen LogP contribution in [-0.2, 0) is 10.3 Å². The van der Waals surface area contributed by atoms with E-state index in [-0.39, 0.29) is 34.5 Å². The molecule has 1 unspecified atom stereocenters. The fourth-order valence-electron chi connectivity index (χ4n) is 5.39. The molecule has 0 fully saturated rings. The van der Waals surface area contributed by atoms with E-state index >= 15 is 0 Å². The van der Waals surface area contributed by atoms with Crippen LogP contribution in [0, 0.1) is 11.6 Å². The highest BCUT2D eigenvalue weighted by atomic mass is 35.5. The molecule has 0 saturated carbocycles. The van der Waals surface area contributed by atoms with Gasteiger partial charge in [0.2, 0.25) is 5.88 Å². The van der Waals surface area contributed by atoms with Crippen molar-refractivity contribution in [1.82, 2.24) is 20.3 Å². The molecule has 1 aliphatic heterocycles. The number of thioether (sulfide) groups is 1. The van der Waals surface area contributed by atoms with Gasteiger partial charge in [0.15, 0.2) is 11.6 Å². The average Bonchev–Trinajstić information content (AvgIpc) is 3.09. The van der Waals surface area contributed by atoms with Crippen molar-refractivity contribution >= 4 is 51.7 Å². The highest BCUT2D eigenvalue weighted by Gasteiger charge is 2.45. The predicted octanol–water partition coefficient (Wildman–Crippen LogP) is 8.82. The number of hydrogen-bond donors (Lipinski definition) is 3. The zero-order valence-corrected chi connectivity index (χ0v) is 26.4. The SMILES string of the molecule is O=C1NC(c2cccc(Nc3ccc(F)c(F)c3)n2)(c2cccc(Oc3cccc4ncccc34)n2)CC(O)=C1Sc1ccccc1Cl. The van der Waals surface area contributed by atoms with Crippen molar-refractivity contribution in [2.75, 3.05) is 5.32 Å². The fourth-order valence-corrected chi connectivity index (χ4v) is 6.51. The first-order chi connectivity index (χ1) is 23.3. The quantitative estimate of drug-likeness (QED) is 0.146. The van der Waals surface area contributed by atoms with E-state index in [1.807, 2.05) is 24.3 Å². The van der Waals surface area contributed by atoms with Crippen LogP contribution in [0.5, 0.6) is 11.6 Å². The maximum Gasteiger partial charge on any atom is 0.262 e. The van der Waals surface area contributed by atoms with Gasteiger partial charge in [-0.1, -0.05) is 53.7 Å². The standard InChI is InChI=1S/C36H24ClF2N5O3S/c37-23-8-1-2-11-29(23)48-34-27(45)20-36(44-35(34)46,30-12-4-14-32(42-30)41-21-16-17-24(38)25(39)19-21)31-13-5-15-33(43-31)47-28-10-3-9-26-22(28)7-6-18-40-26/h1-19,45H,20H2,(H,41,42)(H,44,46). The number of carbonyl (C=O) groups is 1. The number of ether oxygens (including phenoxy) is 1. The third kappa shape index (κ3) is 6.13. The molecular formula is C36H24ClF2N5O3S. The molecule has 0 bridgehead atoms. The number of nitrogens with one attached hydrogen (secondary N) is 2. The minimum Gasteiger partial charge on any atom is -0.511 e. The van der Waals surface area contributed by atoms with Gasteiger partial charge in [0.05, 0.1) is 21.9 Å². The normalized spacial score (nSPS) is 16.1. The number of benzene rings is 3. The summed E-state index contributed by atoms with van der Waals surface area (Å²) in [5.41, 5.74) is 0.181. The number of rotatable bonds is 8. The van der Waals surface area contributed by atoms with Gasteiger partial charge in [0.1, 0.15) is 27.8 Å². The van der Waals surface area contributed by atoms with Gasteiger partial charge in [0, 0.05) is 40.7 Å². The molecule has 8 nitrogen and oxygen atoms in total. The molecule has 12 heteroatoms. The molecule has 3 aromatic carbocycles. The third-order valence-electron chi connectivity index (χ3n) is 7.64. The van der Waals surface area contributed by atoms with E-state index in [9.17, 15) is 18.7 Å². The van der Waals surface area contributed by atoms with Crippen LogP contribution in [0.1, 0.15) is 17.8 Å². The minimum absolute atomic E-state index is 0.0745. The van der Waals surface area contributed by atoms with Crippen LogP contribution in [0.2, 0.25) is 5.02 Å². The maximum absolute atomic E-state index is 14.0. The molecule has 0 radical (unpaired) electrons. The molecule has 238 valence electrons. The van der Waals surface area contributed by atoms with Crippen LogP contribution < -0.4 is 15.4 Å². The first-order valence-electron chi connectivity index (χ1n) is 14.6. The summed E-state index contributed by atoms with van der Waals surface area (Å²) in [5.74, 6) is -1.73. The second-order valence-electron chi connectivity index (χ2n) is 10.8. The number of halogens is 3. The Morgan fingerprint density at radius 3 is 2.48 bits per heavy atom. The molecule has 7 rings (SSSR count). The number of pyridine rings is 3. The average molecular weight is 680 g/mol. The lowest BCUT2D eigenvalue weighted by molar-refractivity contribution is -0.119. The Balaban J connectivity index is 1.31. The van der Waals surface area contributed by atoms with E-state index in [2.05, 4.69) is 15.6 Å². The highest BCUT2D eigenvalue weighted by molar-refractivity contribution is 8.04. The number of amides is 1. The summed E-state index contributed by atoms with van der Waals surface area (Å²) in [6, 6.07) is 29.7. The lowest BCUT2D eigenvalue weighted by Crippen LogP contribution is -2.51. The molecule has 6 aromatic rings. The largest absolute Gasteiger partial charge is 0.511 e. The molecule has 4 heterocycles. The third-order valence-corrected chi connectivity index (χ3v) is 9.28. The Morgan fingerprint density at radius 1 is 0.875 bits per heavy atom. The van der Waals surface area contributed by atoms with Gasteiger partial charge in [0.25, 0.3) is 5.91 Å². The number of nitrogens with zero attached hydrogens (tertiary/aromatic N) is 3. The van der Waals surface area contributed by atoms with Crippen molar-refractivity contribution in [3.63, 3.8) is 0 Å². The summed E-state index contributed by atoms with van der Waals surface area (Å²) in [6.45, 7) is 0. The number of hydrogen-bond acceptors (Lipinski definition) is 8. The van der Waals surface area contributed by atoms with Gasteiger partial charge in [-0.25, -0.2) is 18.7 Å². The summed E-state index contributed by atoms with van der Waals surface area (Å²) in [7, 11) is 0. The van der Waals surface area contributed by atoms with Crippen molar-refractivity contribution in [2.45, 2.75) is 16.9 Å². The van der Waals surface area contributed by atoms with Crippen molar-refractivity contribution in [2.24, 2.45) is 0 Å². The Labute approximate surface area is 282 Å². The van der Waals surface area contributed by atoms with Crippen LogP contribution >= 0.6 is 23.4 Å². The van der Waals surface area contributed by atoms with Gasteiger partial charge >= 0.3 is 0 Å². The first kappa shape index (κ1) is 31.1. The number of anilines is 2. The van der Waals surface area contributed by atoms with Gasteiger partial charge in [-0.2, -0.15) is 0 Å². The summed E-state index contributed by atoms with van der Waals surface area (Å²) in [4.78, 5) is 28.5. The molecule has 1 atom stereocenters. The van der Waals surface area contributed by atoms with Crippen molar-refractivity contribution < 1.29 is 23.4 Å². The number of aromatic nitrogens is 3. The molecule has 48 heavy (non-hydrogen) atoms. The lowest BCUT2D eigenvalue weighted by Gasteiger charge is -2.37. The zero-order chi connectivity index (χ0) is 33.3. The fraction of sp³-hybridized carbons (Fsp3) is 0.0556. The minimum atomic E-state index is -1.48. The van der Waals surface area contributed by atoms with E-state index in [0.29, 0.717) is 27.1 Å². The molecule has 0 saturated heterocycles. The Bertz CT molecular complexity index is 2230. The van der Waals surface area contributed by atoms with E-state index in [1.165, 1.54) is 6.07 Å². The molecule has 1 aliphatic rings. The van der Waals surface area contributed by atoms with Crippen molar-refractivity contribution in [1.29, 1.82) is 0 Å². The predicted molar refractivity (Wildman–Crippen MR) is 180 cm³/mol. The van der Waals surface area contributed by atoms with Crippen LogP contribution in [-0.4, -0.2) is 26.0 Å². The zero-order valence-electron chi connectivity index (χ0n) is 24.8. The van der Waals surface area contributed by atoms with Gasteiger partial charge in [-0.15, -0.1) is 0 Å². The molecule has 1 amide bonds. The van der Waals surface area contributed by atoms with Crippen LogP contribution in [0.3, 0.4) is 0 Å². The first-order valence-corrected chi connectivity index (χ1v) is 15.8. The van der Waals surface area contributed by atoms with Gasteiger partial charge in [-0.3, -0.25) is 9.78 Å². The maximum atomic E-state index is 14.0. The number of aliphatic hydroxyl groups is 1. The molecule has 3 aromatic heterocycles. The number of carbonyl (C=O) groups excluding carboxylic acids is 1. The summed E-state index contributed by atoms with van der Waals surface area (Å²) >= 11 is 7.41. The number of fused-ring (bicyclic) bond motifs is 1. The van der Waals surface area contributed by atoms with Crippen LogP contribution in [0.25, 0.3) is 10.9 Å². The Hall–Kier alpha value is -5.52.